The van der Waals surface area contributed by atoms with Crippen molar-refractivity contribution in [3.8, 4) is 11.4 Å². The Morgan fingerprint density at radius 3 is 2.63 bits per heavy atom. The standard InChI is InChI=1S/C19H20N4O5S2/c1-29-11-10-16(23-30(26,27)15-8-3-2-4-9-15)18(24)20-14-7-5-6-13(12-14)17-21-19(25)28-22-17/h2-9,12,16,23H,10-11H2,1H3,(H,20,24)(H,21,22,25). The fraction of sp³-hybridized carbons (Fsp3) is 0.211. The van der Waals surface area contributed by atoms with E-state index in [1.807, 2.05) is 6.26 Å². The highest BCUT2D eigenvalue weighted by atomic mass is 32.2. The molecular formula is C19H20N4O5S2. The average molecular weight is 449 g/mol. The summed E-state index contributed by atoms with van der Waals surface area (Å²) in [4.78, 5) is 26.5. The topological polar surface area (TPSA) is 134 Å². The van der Waals surface area contributed by atoms with Crippen molar-refractivity contribution in [2.24, 2.45) is 0 Å². The van der Waals surface area contributed by atoms with Gasteiger partial charge in [0.05, 0.1) is 4.90 Å². The van der Waals surface area contributed by atoms with E-state index in [1.54, 1.807) is 42.5 Å². The van der Waals surface area contributed by atoms with Gasteiger partial charge in [0.2, 0.25) is 15.9 Å². The van der Waals surface area contributed by atoms with E-state index in [1.165, 1.54) is 23.9 Å². The Hall–Kier alpha value is -2.89. The zero-order valence-electron chi connectivity index (χ0n) is 16.0. The number of aromatic amines is 1. The van der Waals surface area contributed by atoms with E-state index in [0.717, 1.165) is 0 Å². The van der Waals surface area contributed by atoms with Crippen LogP contribution < -0.4 is 15.8 Å². The molecule has 1 atom stereocenters. The van der Waals surface area contributed by atoms with Gasteiger partial charge < -0.3 is 5.32 Å². The zero-order chi connectivity index (χ0) is 21.6. The molecule has 0 saturated carbocycles. The molecule has 2 aromatic carbocycles. The van der Waals surface area contributed by atoms with Crippen LogP contribution in [-0.4, -0.2) is 42.5 Å². The number of thioether (sulfide) groups is 1. The molecule has 3 rings (SSSR count). The second-order valence-corrected chi connectivity index (χ2v) is 8.98. The minimum absolute atomic E-state index is 0.0870. The van der Waals surface area contributed by atoms with Crippen LogP contribution in [0.5, 0.6) is 0 Å². The van der Waals surface area contributed by atoms with Gasteiger partial charge in [-0.05, 0) is 42.7 Å². The normalized spacial score (nSPS) is 12.4. The number of carbonyl (C=O) groups excluding carboxylic acids is 1. The van der Waals surface area contributed by atoms with Gasteiger partial charge in [0.25, 0.3) is 0 Å². The molecule has 11 heteroatoms. The van der Waals surface area contributed by atoms with Crippen molar-refractivity contribution in [1.82, 2.24) is 14.9 Å². The first-order valence-electron chi connectivity index (χ1n) is 8.92. The summed E-state index contributed by atoms with van der Waals surface area (Å²) in [5.74, 6) is -0.364. The van der Waals surface area contributed by atoms with Crippen molar-refractivity contribution in [3.63, 3.8) is 0 Å². The third kappa shape index (κ3) is 5.59. The number of sulfonamides is 1. The lowest BCUT2D eigenvalue weighted by Gasteiger charge is -2.18. The van der Waals surface area contributed by atoms with Crippen LogP contribution in [0.2, 0.25) is 0 Å². The smallest absolute Gasteiger partial charge is 0.325 e. The lowest BCUT2D eigenvalue weighted by molar-refractivity contribution is -0.117. The minimum Gasteiger partial charge on any atom is -0.325 e. The quantitative estimate of drug-likeness (QED) is 0.456. The summed E-state index contributed by atoms with van der Waals surface area (Å²) in [6, 6.07) is 13.5. The highest BCUT2D eigenvalue weighted by Crippen LogP contribution is 2.19. The molecule has 1 heterocycles. The lowest BCUT2D eigenvalue weighted by Crippen LogP contribution is -2.44. The Bertz CT molecular complexity index is 1160. The van der Waals surface area contributed by atoms with Crippen LogP contribution in [0.1, 0.15) is 6.42 Å². The van der Waals surface area contributed by atoms with Crippen LogP contribution in [0.15, 0.2) is 68.8 Å². The summed E-state index contributed by atoms with van der Waals surface area (Å²) in [6.45, 7) is 0. The molecule has 0 fully saturated rings. The molecule has 0 aliphatic carbocycles. The highest BCUT2D eigenvalue weighted by Gasteiger charge is 2.25. The van der Waals surface area contributed by atoms with Crippen molar-refractivity contribution < 1.29 is 17.7 Å². The molecule has 0 bridgehead atoms. The van der Waals surface area contributed by atoms with Gasteiger partial charge >= 0.3 is 5.76 Å². The van der Waals surface area contributed by atoms with Crippen LogP contribution >= 0.6 is 11.8 Å². The molecule has 30 heavy (non-hydrogen) atoms. The second-order valence-electron chi connectivity index (χ2n) is 6.28. The maximum absolute atomic E-state index is 12.8. The fourth-order valence-electron chi connectivity index (χ4n) is 2.66. The molecule has 0 saturated heterocycles. The molecule has 3 aromatic rings. The summed E-state index contributed by atoms with van der Waals surface area (Å²) >= 11 is 1.51. The van der Waals surface area contributed by atoms with Gasteiger partial charge in [-0.3, -0.25) is 14.3 Å². The molecule has 9 nitrogen and oxygen atoms in total. The fourth-order valence-corrected chi connectivity index (χ4v) is 4.38. The first kappa shape index (κ1) is 21.8. The molecule has 3 N–H and O–H groups in total. The van der Waals surface area contributed by atoms with Crippen molar-refractivity contribution >= 4 is 33.4 Å². The van der Waals surface area contributed by atoms with E-state index < -0.39 is 27.7 Å². The largest absolute Gasteiger partial charge is 0.439 e. The van der Waals surface area contributed by atoms with Crippen molar-refractivity contribution in [2.75, 3.05) is 17.3 Å². The maximum Gasteiger partial charge on any atom is 0.439 e. The number of nitrogens with zero attached hydrogens (tertiary/aromatic N) is 1. The van der Waals surface area contributed by atoms with E-state index in [-0.39, 0.29) is 10.7 Å². The van der Waals surface area contributed by atoms with Crippen LogP contribution in [0.3, 0.4) is 0 Å². The monoisotopic (exact) mass is 448 g/mol. The molecule has 1 aromatic heterocycles. The van der Waals surface area contributed by atoms with E-state index >= 15 is 0 Å². The molecular weight excluding hydrogens is 428 g/mol. The third-order valence-corrected chi connectivity index (χ3v) is 6.25. The number of rotatable bonds is 9. The SMILES string of the molecule is CSCCC(NS(=O)(=O)c1ccccc1)C(=O)Nc1cccc(-c2noc(=O)[nH]2)c1. The first-order chi connectivity index (χ1) is 14.4. The number of carbonyl (C=O) groups is 1. The van der Waals surface area contributed by atoms with Crippen LogP contribution in [0.4, 0.5) is 5.69 Å². The summed E-state index contributed by atoms with van der Waals surface area (Å²) in [5, 5.41) is 6.33. The highest BCUT2D eigenvalue weighted by molar-refractivity contribution is 7.98. The molecule has 158 valence electrons. The van der Waals surface area contributed by atoms with Gasteiger partial charge in [-0.1, -0.05) is 35.5 Å². The van der Waals surface area contributed by atoms with E-state index in [0.29, 0.717) is 23.4 Å². The number of benzene rings is 2. The van der Waals surface area contributed by atoms with Gasteiger partial charge in [0, 0.05) is 11.3 Å². The minimum atomic E-state index is -3.86. The number of hydrogen-bond donors (Lipinski definition) is 3. The zero-order valence-corrected chi connectivity index (χ0v) is 17.6. The van der Waals surface area contributed by atoms with E-state index in [9.17, 15) is 18.0 Å². The Morgan fingerprint density at radius 2 is 1.97 bits per heavy atom. The number of anilines is 1. The second kappa shape index (κ2) is 9.74. The molecule has 0 spiro atoms. The number of nitrogens with one attached hydrogen (secondary N) is 3. The summed E-state index contributed by atoms with van der Waals surface area (Å²) in [7, 11) is -3.86. The predicted molar refractivity (Wildman–Crippen MR) is 115 cm³/mol. The van der Waals surface area contributed by atoms with Crippen LogP contribution in [-0.2, 0) is 14.8 Å². The van der Waals surface area contributed by atoms with Gasteiger partial charge in [-0.2, -0.15) is 16.5 Å². The van der Waals surface area contributed by atoms with Crippen LogP contribution in [0, 0.1) is 0 Å². The summed E-state index contributed by atoms with van der Waals surface area (Å²) in [6.07, 6.45) is 2.19. The molecule has 0 radical (unpaired) electrons. The number of amides is 1. The Kier molecular flexibility index (Phi) is 7.08. The Balaban J connectivity index is 1.78. The van der Waals surface area contributed by atoms with E-state index in [4.69, 9.17) is 0 Å². The van der Waals surface area contributed by atoms with Gasteiger partial charge in [0.1, 0.15) is 6.04 Å². The molecule has 1 amide bonds. The van der Waals surface area contributed by atoms with Gasteiger partial charge in [-0.15, -0.1) is 0 Å². The van der Waals surface area contributed by atoms with Crippen molar-refractivity contribution in [1.29, 1.82) is 0 Å². The number of hydrogen-bond acceptors (Lipinski definition) is 7. The molecule has 1 unspecified atom stereocenters. The van der Waals surface area contributed by atoms with Gasteiger partial charge in [-0.25, -0.2) is 13.2 Å². The summed E-state index contributed by atoms with van der Waals surface area (Å²) < 4.78 is 32.3. The Morgan fingerprint density at radius 1 is 1.20 bits per heavy atom. The van der Waals surface area contributed by atoms with Crippen LogP contribution in [0.25, 0.3) is 11.4 Å². The number of aromatic nitrogens is 2. The van der Waals surface area contributed by atoms with Crippen molar-refractivity contribution in [3.05, 3.63) is 65.1 Å². The molecule has 0 aliphatic heterocycles. The van der Waals surface area contributed by atoms with Crippen molar-refractivity contribution in [2.45, 2.75) is 17.4 Å². The lowest BCUT2D eigenvalue weighted by atomic mass is 10.1. The molecule has 0 aliphatic rings. The van der Waals surface area contributed by atoms with Gasteiger partial charge in [0.15, 0.2) is 5.82 Å². The first-order valence-corrected chi connectivity index (χ1v) is 11.8. The summed E-state index contributed by atoms with van der Waals surface area (Å²) in [5.41, 5.74) is 0.957. The maximum atomic E-state index is 12.8. The third-order valence-electron chi connectivity index (χ3n) is 4.12. The Labute approximate surface area is 177 Å². The number of H-pyrrole nitrogens is 1. The average Bonchev–Trinajstić information content (AvgIpc) is 3.18. The predicted octanol–water partition coefficient (Wildman–Crippen LogP) is 2.07. The van der Waals surface area contributed by atoms with E-state index in [2.05, 4.69) is 24.7 Å².